The standard InChI is InChI=1S/C24H33NO3/c1-23(2,3)19-11-9-18(10-12-19)21(26)17-25-15-13-24(27,14-16-25)20-7-5-6-8-22(20)28-4/h5-12,21,26-27H,13-17H2,1-4H3. The second-order valence-corrected chi connectivity index (χ2v) is 8.92. The zero-order valence-electron chi connectivity index (χ0n) is 17.5. The number of ether oxygens (including phenoxy) is 1. The first-order valence-electron chi connectivity index (χ1n) is 10.1. The highest BCUT2D eigenvalue weighted by molar-refractivity contribution is 5.38. The summed E-state index contributed by atoms with van der Waals surface area (Å²) in [6, 6.07) is 16.0. The fourth-order valence-electron chi connectivity index (χ4n) is 3.96. The largest absolute Gasteiger partial charge is 0.496 e. The lowest BCUT2D eigenvalue weighted by Crippen LogP contribution is -2.44. The van der Waals surface area contributed by atoms with Gasteiger partial charge in [0, 0.05) is 25.2 Å². The number of piperidine rings is 1. The molecule has 0 spiro atoms. The minimum absolute atomic E-state index is 0.110. The zero-order chi connectivity index (χ0) is 20.4. The van der Waals surface area contributed by atoms with Gasteiger partial charge in [-0.05, 0) is 35.4 Å². The number of benzene rings is 2. The van der Waals surface area contributed by atoms with Gasteiger partial charge in [0.15, 0.2) is 0 Å². The van der Waals surface area contributed by atoms with Crippen LogP contribution in [0.1, 0.15) is 56.4 Å². The molecule has 28 heavy (non-hydrogen) atoms. The number of β-amino-alcohol motifs (C(OH)–C–C–N with tert-alkyl or cyclic N) is 1. The van der Waals surface area contributed by atoms with Gasteiger partial charge in [-0.3, -0.25) is 0 Å². The molecule has 0 saturated carbocycles. The van der Waals surface area contributed by atoms with Gasteiger partial charge < -0.3 is 19.8 Å². The van der Waals surface area contributed by atoms with Crippen molar-refractivity contribution in [2.45, 2.75) is 50.7 Å². The van der Waals surface area contributed by atoms with E-state index in [-0.39, 0.29) is 5.41 Å². The SMILES string of the molecule is COc1ccccc1C1(O)CCN(CC(O)c2ccc(C(C)(C)C)cc2)CC1. The molecule has 1 aliphatic heterocycles. The summed E-state index contributed by atoms with van der Waals surface area (Å²) in [6.45, 7) is 8.63. The number of hydrogen-bond acceptors (Lipinski definition) is 4. The number of methoxy groups -OCH3 is 1. The fraction of sp³-hybridized carbons (Fsp3) is 0.500. The third-order valence-corrected chi connectivity index (χ3v) is 5.88. The molecule has 1 heterocycles. The second-order valence-electron chi connectivity index (χ2n) is 8.92. The lowest BCUT2D eigenvalue weighted by Gasteiger charge is -2.39. The number of para-hydroxylation sites is 1. The first-order valence-corrected chi connectivity index (χ1v) is 10.1. The summed E-state index contributed by atoms with van der Waals surface area (Å²) < 4.78 is 5.43. The second kappa shape index (κ2) is 8.24. The van der Waals surface area contributed by atoms with Crippen LogP contribution >= 0.6 is 0 Å². The fourth-order valence-corrected chi connectivity index (χ4v) is 3.96. The maximum Gasteiger partial charge on any atom is 0.124 e. The molecule has 0 amide bonds. The van der Waals surface area contributed by atoms with E-state index in [4.69, 9.17) is 4.74 Å². The van der Waals surface area contributed by atoms with Crippen LogP contribution in [0.3, 0.4) is 0 Å². The van der Waals surface area contributed by atoms with Crippen molar-refractivity contribution >= 4 is 0 Å². The predicted molar refractivity (Wildman–Crippen MR) is 113 cm³/mol. The molecule has 4 nitrogen and oxygen atoms in total. The number of rotatable bonds is 5. The van der Waals surface area contributed by atoms with E-state index in [1.54, 1.807) is 7.11 Å². The van der Waals surface area contributed by atoms with Gasteiger partial charge in [-0.15, -0.1) is 0 Å². The number of aliphatic hydroxyl groups is 2. The van der Waals surface area contributed by atoms with Gasteiger partial charge in [-0.1, -0.05) is 63.2 Å². The molecular weight excluding hydrogens is 350 g/mol. The molecule has 1 aliphatic rings. The molecule has 4 heteroatoms. The van der Waals surface area contributed by atoms with Gasteiger partial charge in [0.1, 0.15) is 5.75 Å². The van der Waals surface area contributed by atoms with E-state index >= 15 is 0 Å². The number of nitrogens with zero attached hydrogens (tertiary/aromatic N) is 1. The van der Waals surface area contributed by atoms with Gasteiger partial charge in [0.25, 0.3) is 0 Å². The Labute approximate surface area is 168 Å². The molecule has 0 bridgehead atoms. The van der Waals surface area contributed by atoms with Crippen LogP contribution in [0.15, 0.2) is 48.5 Å². The molecule has 1 unspecified atom stereocenters. The Kier molecular flexibility index (Phi) is 6.13. The normalized spacial score (nSPS) is 18.6. The third-order valence-electron chi connectivity index (χ3n) is 5.88. The summed E-state index contributed by atoms with van der Waals surface area (Å²) in [6.07, 6.45) is 0.734. The summed E-state index contributed by atoms with van der Waals surface area (Å²) in [5.74, 6) is 0.734. The molecule has 2 aromatic carbocycles. The Balaban J connectivity index is 1.61. The van der Waals surface area contributed by atoms with Crippen LogP contribution in [-0.2, 0) is 11.0 Å². The lowest BCUT2D eigenvalue weighted by atomic mass is 9.83. The predicted octanol–water partition coefficient (Wildman–Crippen LogP) is 4.01. The third kappa shape index (κ3) is 4.57. The van der Waals surface area contributed by atoms with Crippen LogP contribution in [0.5, 0.6) is 5.75 Å². The first-order chi connectivity index (χ1) is 13.2. The van der Waals surface area contributed by atoms with Crippen molar-refractivity contribution in [3.05, 3.63) is 65.2 Å². The van der Waals surface area contributed by atoms with Crippen molar-refractivity contribution in [2.75, 3.05) is 26.7 Å². The molecule has 152 valence electrons. The van der Waals surface area contributed by atoms with E-state index in [1.807, 2.05) is 36.4 Å². The van der Waals surface area contributed by atoms with Crippen LogP contribution < -0.4 is 4.74 Å². The highest BCUT2D eigenvalue weighted by Crippen LogP contribution is 2.38. The summed E-state index contributed by atoms with van der Waals surface area (Å²) in [5, 5.41) is 21.8. The van der Waals surface area contributed by atoms with E-state index in [2.05, 4.69) is 37.8 Å². The maximum absolute atomic E-state index is 11.2. The van der Waals surface area contributed by atoms with Crippen molar-refractivity contribution in [3.8, 4) is 5.75 Å². The minimum atomic E-state index is -0.873. The Hall–Kier alpha value is -1.88. The van der Waals surface area contributed by atoms with E-state index in [9.17, 15) is 10.2 Å². The molecule has 2 N–H and O–H groups in total. The van der Waals surface area contributed by atoms with Gasteiger partial charge in [-0.25, -0.2) is 0 Å². The van der Waals surface area contributed by atoms with E-state index in [0.717, 1.165) is 30.0 Å². The zero-order valence-corrected chi connectivity index (χ0v) is 17.5. The van der Waals surface area contributed by atoms with Crippen molar-refractivity contribution in [1.82, 2.24) is 4.90 Å². The van der Waals surface area contributed by atoms with E-state index in [0.29, 0.717) is 19.4 Å². The Morgan fingerprint density at radius 2 is 1.64 bits per heavy atom. The van der Waals surface area contributed by atoms with Crippen molar-refractivity contribution in [2.24, 2.45) is 0 Å². The molecule has 0 radical (unpaired) electrons. The molecular formula is C24H33NO3. The topological polar surface area (TPSA) is 52.9 Å². The van der Waals surface area contributed by atoms with E-state index < -0.39 is 11.7 Å². The van der Waals surface area contributed by atoms with Crippen LogP contribution in [0.2, 0.25) is 0 Å². The highest BCUT2D eigenvalue weighted by Gasteiger charge is 2.36. The van der Waals surface area contributed by atoms with Crippen molar-refractivity contribution < 1.29 is 14.9 Å². The van der Waals surface area contributed by atoms with Crippen molar-refractivity contribution in [3.63, 3.8) is 0 Å². The molecule has 3 rings (SSSR count). The van der Waals surface area contributed by atoms with Crippen molar-refractivity contribution in [1.29, 1.82) is 0 Å². The van der Waals surface area contributed by atoms with Crippen LogP contribution in [0, 0.1) is 0 Å². The molecule has 0 aliphatic carbocycles. The Morgan fingerprint density at radius 3 is 2.21 bits per heavy atom. The van der Waals surface area contributed by atoms with Crippen LogP contribution in [-0.4, -0.2) is 41.9 Å². The maximum atomic E-state index is 11.2. The average Bonchev–Trinajstić information content (AvgIpc) is 2.69. The first kappa shape index (κ1) is 20.8. The Bertz CT molecular complexity index is 771. The monoisotopic (exact) mass is 383 g/mol. The van der Waals surface area contributed by atoms with Crippen LogP contribution in [0.4, 0.5) is 0 Å². The summed E-state index contributed by atoms with van der Waals surface area (Å²) in [4.78, 5) is 2.23. The van der Waals surface area contributed by atoms with Gasteiger partial charge in [0.05, 0.1) is 18.8 Å². The molecule has 0 aromatic heterocycles. The molecule has 1 atom stereocenters. The van der Waals surface area contributed by atoms with E-state index in [1.165, 1.54) is 5.56 Å². The lowest BCUT2D eigenvalue weighted by molar-refractivity contribution is -0.0358. The van der Waals surface area contributed by atoms with Crippen LogP contribution in [0.25, 0.3) is 0 Å². The minimum Gasteiger partial charge on any atom is -0.496 e. The summed E-state index contributed by atoms with van der Waals surface area (Å²) in [7, 11) is 1.64. The smallest absolute Gasteiger partial charge is 0.124 e. The van der Waals surface area contributed by atoms with Gasteiger partial charge in [-0.2, -0.15) is 0 Å². The number of aliphatic hydroxyl groups excluding tert-OH is 1. The molecule has 2 aromatic rings. The average molecular weight is 384 g/mol. The van der Waals surface area contributed by atoms with Gasteiger partial charge in [0.2, 0.25) is 0 Å². The van der Waals surface area contributed by atoms with Gasteiger partial charge >= 0.3 is 0 Å². The number of hydrogen-bond donors (Lipinski definition) is 2. The highest BCUT2D eigenvalue weighted by atomic mass is 16.5. The summed E-state index contributed by atoms with van der Waals surface area (Å²) in [5.41, 5.74) is 2.30. The number of likely N-dealkylation sites (tertiary alicyclic amines) is 1. The Morgan fingerprint density at radius 1 is 1.04 bits per heavy atom. The molecule has 1 saturated heterocycles. The summed E-state index contributed by atoms with van der Waals surface area (Å²) >= 11 is 0. The quantitative estimate of drug-likeness (QED) is 0.819. The molecule has 1 fully saturated rings.